The number of halogens is 3. The molecular formula is C47H25F3N8. The van der Waals surface area contributed by atoms with Crippen LogP contribution in [0.1, 0.15) is 16.7 Å². The summed E-state index contributed by atoms with van der Waals surface area (Å²) in [5, 5.41) is 24.9. The number of aromatic nitrogens is 6. The fourth-order valence-corrected chi connectivity index (χ4v) is 8.06. The lowest BCUT2D eigenvalue weighted by molar-refractivity contribution is -0.137. The average Bonchev–Trinajstić information content (AvgIpc) is 3.78. The van der Waals surface area contributed by atoms with E-state index in [2.05, 4.69) is 26.0 Å². The lowest BCUT2D eigenvalue weighted by Crippen LogP contribution is -2.10. The van der Waals surface area contributed by atoms with Gasteiger partial charge in [-0.3, -0.25) is 0 Å². The maximum Gasteiger partial charge on any atom is 0.417 e. The number of nitrogens with zero attached hydrogens (tertiary/aromatic N) is 8. The smallest absolute Gasteiger partial charge is 0.308 e. The summed E-state index contributed by atoms with van der Waals surface area (Å²) in [5.74, 6) is 1.06. The number of hydrogen-bond acceptors (Lipinski definition) is 6. The van der Waals surface area contributed by atoms with Gasteiger partial charge in [-0.25, -0.2) is 19.9 Å². The van der Waals surface area contributed by atoms with Gasteiger partial charge in [0.15, 0.2) is 11.6 Å². The molecule has 0 amide bonds. The van der Waals surface area contributed by atoms with Crippen LogP contribution in [0.25, 0.3) is 88.9 Å². The van der Waals surface area contributed by atoms with Crippen molar-refractivity contribution < 1.29 is 13.2 Å². The zero-order valence-corrected chi connectivity index (χ0v) is 30.1. The number of nitriles is 2. The molecule has 0 aliphatic carbocycles. The molecule has 0 bridgehead atoms. The Labute approximate surface area is 328 Å². The molecule has 0 saturated carbocycles. The molecule has 4 aromatic heterocycles. The van der Waals surface area contributed by atoms with E-state index in [9.17, 15) is 23.7 Å². The molecular weight excluding hydrogens is 734 g/mol. The fourth-order valence-electron chi connectivity index (χ4n) is 8.06. The van der Waals surface area contributed by atoms with Crippen molar-refractivity contribution in [1.29, 1.82) is 10.5 Å². The topological polar surface area (TPSA) is 109 Å². The predicted molar refractivity (Wildman–Crippen MR) is 217 cm³/mol. The van der Waals surface area contributed by atoms with Crippen LogP contribution in [-0.4, -0.2) is 29.1 Å². The summed E-state index contributed by atoms with van der Waals surface area (Å²) < 4.78 is 48.6. The third-order valence-corrected chi connectivity index (χ3v) is 10.5. The molecule has 4 heterocycles. The molecule has 8 nitrogen and oxygen atoms in total. The molecule has 6 aromatic carbocycles. The molecule has 10 aromatic rings. The van der Waals surface area contributed by atoms with Crippen LogP contribution in [0.5, 0.6) is 0 Å². The largest absolute Gasteiger partial charge is 0.417 e. The van der Waals surface area contributed by atoms with Crippen molar-refractivity contribution in [2.75, 3.05) is 0 Å². The van der Waals surface area contributed by atoms with Crippen molar-refractivity contribution in [3.63, 3.8) is 0 Å². The Hall–Kier alpha value is -8.15. The molecule has 0 aliphatic rings. The van der Waals surface area contributed by atoms with Gasteiger partial charge in [-0.2, -0.15) is 23.7 Å². The number of rotatable bonds is 5. The number of para-hydroxylation sites is 2. The van der Waals surface area contributed by atoms with E-state index in [4.69, 9.17) is 0 Å². The van der Waals surface area contributed by atoms with Gasteiger partial charge in [-0.1, -0.05) is 42.5 Å². The first-order chi connectivity index (χ1) is 28.3. The van der Waals surface area contributed by atoms with Gasteiger partial charge < -0.3 is 9.13 Å². The molecule has 0 unspecified atom stereocenters. The van der Waals surface area contributed by atoms with Crippen LogP contribution in [0.15, 0.2) is 152 Å². The molecule has 0 radical (unpaired) electrons. The SMILES string of the molecule is N#Cc1cccc(C(F)(F)F)c1-c1cc(-n2c3ccccc3c3cc(-c4ncccn4)ccc32)c(C#N)c(-n2c3ccccc3c3cc(-c4ncccn4)ccc32)c1. The summed E-state index contributed by atoms with van der Waals surface area (Å²) in [6.45, 7) is 0. The van der Waals surface area contributed by atoms with E-state index in [1.54, 1.807) is 49.1 Å². The van der Waals surface area contributed by atoms with E-state index in [1.165, 1.54) is 12.1 Å². The molecule has 58 heavy (non-hydrogen) atoms. The summed E-state index contributed by atoms with van der Waals surface area (Å²) in [6, 6.07) is 41.6. The highest BCUT2D eigenvalue weighted by Crippen LogP contribution is 2.44. The highest BCUT2D eigenvalue weighted by atomic mass is 19.4. The van der Waals surface area contributed by atoms with Gasteiger partial charge in [0.25, 0.3) is 0 Å². The van der Waals surface area contributed by atoms with Crippen molar-refractivity contribution in [1.82, 2.24) is 29.1 Å². The van der Waals surface area contributed by atoms with E-state index < -0.39 is 11.7 Å². The van der Waals surface area contributed by atoms with Gasteiger partial charge in [0, 0.05) is 63.0 Å². The monoisotopic (exact) mass is 758 g/mol. The molecule has 0 spiro atoms. The summed E-state index contributed by atoms with van der Waals surface area (Å²) in [6.07, 6.45) is 1.88. The van der Waals surface area contributed by atoms with Gasteiger partial charge >= 0.3 is 6.18 Å². The van der Waals surface area contributed by atoms with Crippen LogP contribution in [-0.2, 0) is 6.18 Å². The van der Waals surface area contributed by atoms with E-state index in [1.807, 2.05) is 100 Å². The number of hydrogen-bond donors (Lipinski definition) is 0. The van der Waals surface area contributed by atoms with Crippen LogP contribution in [0.2, 0.25) is 0 Å². The number of fused-ring (bicyclic) bond motifs is 6. The summed E-state index contributed by atoms with van der Waals surface area (Å²) in [7, 11) is 0. The van der Waals surface area contributed by atoms with Gasteiger partial charge in [-0.05, 0) is 90.5 Å². The molecule has 0 N–H and O–H groups in total. The van der Waals surface area contributed by atoms with Crippen molar-refractivity contribution in [3.8, 4) is 57.4 Å². The van der Waals surface area contributed by atoms with Gasteiger partial charge in [-0.15, -0.1) is 0 Å². The maximum atomic E-state index is 14.9. The van der Waals surface area contributed by atoms with Crippen LogP contribution in [0, 0.1) is 22.7 Å². The van der Waals surface area contributed by atoms with E-state index in [-0.39, 0.29) is 22.3 Å². The van der Waals surface area contributed by atoms with Crippen molar-refractivity contribution >= 4 is 43.6 Å². The Balaban J connectivity index is 1.35. The standard InChI is InChI=1S/C47H25F3N8/c48-47(49,50)37-11-5-8-30(26-51)44(37)31-24-42(57-38-12-3-1-9-32(38)34-22-28(14-16-40(34)57)45-53-18-6-19-54-45)36(27-52)43(25-31)58-39-13-4-2-10-33(39)35-23-29(15-17-41(35)58)46-55-20-7-21-56-46/h1-25H. The second-order valence-electron chi connectivity index (χ2n) is 13.7. The van der Waals surface area contributed by atoms with Crippen molar-refractivity contribution in [3.05, 3.63) is 169 Å². The molecule has 0 aliphatic heterocycles. The van der Waals surface area contributed by atoms with Crippen LogP contribution in [0.3, 0.4) is 0 Å². The summed E-state index contributed by atoms with van der Waals surface area (Å²) in [4.78, 5) is 17.8. The number of benzene rings is 6. The molecule has 0 saturated heterocycles. The predicted octanol–water partition coefficient (Wildman–Crippen LogP) is 11.2. The van der Waals surface area contributed by atoms with Crippen LogP contribution in [0.4, 0.5) is 13.2 Å². The maximum absolute atomic E-state index is 14.9. The molecule has 0 atom stereocenters. The molecule has 10 rings (SSSR count). The van der Waals surface area contributed by atoms with E-state index in [0.717, 1.165) is 49.8 Å². The Kier molecular flexibility index (Phi) is 7.85. The first-order valence-electron chi connectivity index (χ1n) is 18.1. The second kappa shape index (κ2) is 13.3. The third-order valence-electron chi connectivity index (χ3n) is 10.5. The minimum absolute atomic E-state index is 0.119. The van der Waals surface area contributed by atoms with Crippen molar-refractivity contribution in [2.45, 2.75) is 6.18 Å². The number of alkyl halides is 3. The van der Waals surface area contributed by atoms with Gasteiger partial charge in [0.05, 0.1) is 50.6 Å². The first-order valence-corrected chi connectivity index (χ1v) is 18.1. The highest BCUT2D eigenvalue weighted by molar-refractivity contribution is 6.12. The molecule has 0 fully saturated rings. The average molecular weight is 759 g/mol. The van der Waals surface area contributed by atoms with Gasteiger partial charge in [0.2, 0.25) is 0 Å². The normalized spacial score (nSPS) is 11.7. The van der Waals surface area contributed by atoms with Crippen LogP contribution >= 0.6 is 0 Å². The van der Waals surface area contributed by atoms with Gasteiger partial charge in [0.1, 0.15) is 11.6 Å². The minimum atomic E-state index is -4.79. The Bertz CT molecular complexity index is 3180. The summed E-state index contributed by atoms with van der Waals surface area (Å²) in [5.41, 5.74) is 4.03. The highest BCUT2D eigenvalue weighted by Gasteiger charge is 2.35. The fraction of sp³-hybridized carbons (Fsp3) is 0.0213. The van der Waals surface area contributed by atoms with Crippen LogP contribution < -0.4 is 0 Å². The zero-order chi connectivity index (χ0) is 39.5. The minimum Gasteiger partial charge on any atom is -0.308 e. The first kappa shape index (κ1) is 34.3. The quantitative estimate of drug-likeness (QED) is 0.173. The Morgan fingerprint density at radius 3 is 1.41 bits per heavy atom. The second-order valence-corrected chi connectivity index (χ2v) is 13.7. The third kappa shape index (κ3) is 5.37. The Morgan fingerprint density at radius 2 is 0.948 bits per heavy atom. The lowest BCUT2D eigenvalue weighted by Gasteiger charge is -2.20. The molecule has 274 valence electrons. The molecule has 11 heteroatoms. The van der Waals surface area contributed by atoms with E-state index >= 15 is 0 Å². The van der Waals surface area contributed by atoms with E-state index in [0.29, 0.717) is 34.1 Å². The lowest BCUT2D eigenvalue weighted by atomic mass is 9.92. The zero-order valence-electron chi connectivity index (χ0n) is 30.1. The summed E-state index contributed by atoms with van der Waals surface area (Å²) >= 11 is 0. The Morgan fingerprint density at radius 1 is 0.466 bits per heavy atom. The van der Waals surface area contributed by atoms with Crippen molar-refractivity contribution in [2.24, 2.45) is 0 Å².